The summed E-state index contributed by atoms with van der Waals surface area (Å²) in [5.74, 6) is 0.762. The lowest BCUT2D eigenvalue weighted by Crippen LogP contribution is -2.41. The highest BCUT2D eigenvalue weighted by Crippen LogP contribution is 2.25. The van der Waals surface area contributed by atoms with Gasteiger partial charge in [0.05, 0.1) is 5.69 Å². The van der Waals surface area contributed by atoms with E-state index in [0.717, 1.165) is 39.7 Å². The summed E-state index contributed by atoms with van der Waals surface area (Å²) in [5, 5.41) is 12.1. The summed E-state index contributed by atoms with van der Waals surface area (Å²) < 4.78 is 5.27. The van der Waals surface area contributed by atoms with Gasteiger partial charge in [0.1, 0.15) is 0 Å². The molecule has 3 aromatic carbocycles. The molecule has 1 aliphatic rings. The Hall–Kier alpha value is -2.50. The molecule has 4 nitrogen and oxygen atoms in total. The number of nitrogens with one attached hydrogen (secondary N) is 1. The van der Waals surface area contributed by atoms with Gasteiger partial charge < -0.3 is 14.5 Å². The first-order valence-corrected chi connectivity index (χ1v) is 8.64. The molecule has 0 atom stereocenters. The van der Waals surface area contributed by atoms with Gasteiger partial charge in [-0.2, -0.15) is 0 Å². The van der Waals surface area contributed by atoms with E-state index >= 15 is 0 Å². The number of hydrogen-bond acceptors (Lipinski definition) is 4. The van der Waals surface area contributed by atoms with Gasteiger partial charge in [-0.3, -0.25) is 0 Å². The second-order valence-corrected chi connectivity index (χ2v) is 5.57. The molecule has 0 saturated heterocycles. The number of benzene rings is 3. The maximum Gasteiger partial charge on any atom is 0.491 e. The van der Waals surface area contributed by atoms with E-state index in [1.807, 2.05) is 62.4 Å². The van der Waals surface area contributed by atoms with Crippen LogP contribution in [0.15, 0.2) is 60.7 Å². The maximum absolute atomic E-state index is 9.92. The third kappa shape index (κ3) is 3.78. The molecule has 4 rings (SSSR count). The Labute approximate surface area is 148 Å². The van der Waals surface area contributed by atoms with Crippen molar-refractivity contribution >= 4 is 29.0 Å². The normalized spacial score (nSPS) is 12.8. The molecular weight excluding hydrogens is 313 g/mol. The van der Waals surface area contributed by atoms with Crippen molar-refractivity contribution in [2.75, 3.05) is 12.1 Å². The van der Waals surface area contributed by atoms with Crippen molar-refractivity contribution in [2.45, 2.75) is 20.3 Å². The quantitative estimate of drug-likeness (QED) is 0.568. The average molecular weight is 335 g/mol. The smallest absolute Gasteiger partial charge is 0.423 e. The van der Waals surface area contributed by atoms with Crippen LogP contribution in [0.3, 0.4) is 0 Å². The van der Waals surface area contributed by atoms with E-state index < -0.39 is 7.12 Å². The summed E-state index contributed by atoms with van der Waals surface area (Å²) in [5.41, 5.74) is 5.64. The highest BCUT2D eigenvalue weighted by atomic mass is 16.6. The van der Waals surface area contributed by atoms with Gasteiger partial charge in [-0.1, -0.05) is 56.3 Å². The molecule has 5 heteroatoms. The fraction of sp³-hybridized carbons (Fsp3) is 0.200. The number of anilines is 1. The Morgan fingerprint density at radius 1 is 1.04 bits per heavy atom. The van der Waals surface area contributed by atoms with Crippen molar-refractivity contribution in [1.29, 1.82) is 0 Å². The summed E-state index contributed by atoms with van der Waals surface area (Å²) in [7, 11) is -0.863. The van der Waals surface area contributed by atoms with E-state index in [1.165, 1.54) is 0 Å². The van der Waals surface area contributed by atoms with Gasteiger partial charge in [0.2, 0.25) is 0 Å². The van der Waals surface area contributed by atoms with E-state index in [1.54, 1.807) is 0 Å². The Balaban J connectivity index is 0.000000880. The third-order valence-corrected chi connectivity index (χ3v) is 4.09. The molecule has 0 fully saturated rings. The largest absolute Gasteiger partial charge is 0.491 e. The van der Waals surface area contributed by atoms with Crippen molar-refractivity contribution in [3.8, 4) is 5.75 Å². The maximum atomic E-state index is 9.92. The molecule has 3 aromatic rings. The van der Waals surface area contributed by atoms with Crippen LogP contribution in [0.2, 0.25) is 0 Å². The van der Waals surface area contributed by atoms with Crippen molar-refractivity contribution in [1.82, 2.24) is 0 Å². The van der Waals surface area contributed by atoms with Crippen LogP contribution in [-0.2, 0) is 11.1 Å². The van der Waals surface area contributed by atoms with E-state index in [-0.39, 0.29) is 0 Å². The van der Waals surface area contributed by atoms with Crippen molar-refractivity contribution < 1.29 is 14.5 Å². The predicted molar refractivity (Wildman–Crippen MR) is 103 cm³/mol. The summed E-state index contributed by atoms with van der Waals surface area (Å²) in [6, 6.07) is 19.8. The minimum Gasteiger partial charge on any atom is -0.423 e. The molecule has 25 heavy (non-hydrogen) atoms. The van der Waals surface area contributed by atoms with Gasteiger partial charge in [0, 0.05) is 12.0 Å². The predicted octanol–water partition coefficient (Wildman–Crippen LogP) is 3.53. The zero-order valence-electron chi connectivity index (χ0n) is 14.5. The fourth-order valence-electron chi connectivity index (χ4n) is 2.88. The van der Waals surface area contributed by atoms with Crippen LogP contribution in [0.25, 0.3) is 10.8 Å². The lowest BCUT2D eigenvalue weighted by molar-refractivity contribution is 0.266. The molecule has 0 amide bonds. The second-order valence-electron chi connectivity index (χ2n) is 5.57. The molecule has 0 bridgehead atoms. The molecule has 2 N–H and O–H groups in total. The molecule has 1 aliphatic heterocycles. The van der Waals surface area contributed by atoms with Gasteiger partial charge in [-0.25, -0.2) is 5.48 Å². The minimum absolute atomic E-state index is 0.549. The van der Waals surface area contributed by atoms with Crippen LogP contribution < -0.4 is 15.8 Å². The van der Waals surface area contributed by atoms with Crippen LogP contribution >= 0.6 is 0 Å². The summed E-state index contributed by atoms with van der Waals surface area (Å²) >= 11 is 0. The van der Waals surface area contributed by atoms with E-state index in [4.69, 9.17) is 9.49 Å². The Kier molecular flexibility index (Phi) is 5.58. The van der Waals surface area contributed by atoms with Gasteiger partial charge in [-0.05, 0) is 41.0 Å². The van der Waals surface area contributed by atoms with E-state index in [0.29, 0.717) is 6.61 Å². The van der Waals surface area contributed by atoms with Crippen molar-refractivity contribution in [3.05, 3.63) is 66.2 Å². The van der Waals surface area contributed by atoms with Crippen LogP contribution in [-0.4, -0.2) is 18.7 Å². The highest BCUT2D eigenvalue weighted by molar-refractivity contribution is 6.61. The van der Waals surface area contributed by atoms with Crippen LogP contribution in [0, 0.1) is 0 Å². The summed E-state index contributed by atoms with van der Waals surface area (Å²) in [6.07, 6.45) is 0.816. The summed E-state index contributed by atoms with van der Waals surface area (Å²) in [4.78, 5) is 5.76. The molecule has 0 unspecified atom stereocenters. The molecule has 0 spiro atoms. The standard InChI is InChI=1S/C18H16BNO3.C2H6/c21-19-17-12-15(9-8-14(17)10-11-22-19)20-23-18-7-3-5-13-4-1-2-6-16(13)18;1-2/h1-9,12,20-21H,10-11H2;1-2H3. The lowest BCUT2D eigenvalue weighted by Gasteiger charge is -2.20. The minimum atomic E-state index is -0.863. The Morgan fingerprint density at radius 2 is 1.84 bits per heavy atom. The Morgan fingerprint density at radius 3 is 2.72 bits per heavy atom. The van der Waals surface area contributed by atoms with Crippen LogP contribution in [0.5, 0.6) is 5.75 Å². The van der Waals surface area contributed by atoms with Crippen molar-refractivity contribution in [2.24, 2.45) is 0 Å². The molecule has 0 aromatic heterocycles. The van der Waals surface area contributed by atoms with E-state index in [2.05, 4.69) is 17.6 Å². The first-order valence-electron chi connectivity index (χ1n) is 8.64. The molecule has 1 heterocycles. The Bertz CT molecular complexity index is 848. The first-order chi connectivity index (χ1) is 12.3. The second kappa shape index (κ2) is 8.05. The van der Waals surface area contributed by atoms with E-state index in [9.17, 15) is 5.02 Å². The van der Waals surface area contributed by atoms with Crippen LogP contribution in [0.1, 0.15) is 19.4 Å². The number of rotatable bonds is 3. The van der Waals surface area contributed by atoms with Gasteiger partial charge in [0.15, 0.2) is 5.75 Å². The SMILES string of the molecule is CC.OB1OCCc2ccc(NOc3cccc4ccccc34)cc21. The number of fused-ring (bicyclic) bond motifs is 2. The monoisotopic (exact) mass is 335 g/mol. The molecular formula is C20H22BNO3. The van der Waals surface area contributed by atoms with Gasteiger partial charge in [-0.15, -0.1) is 0 Å². The molecule has 0 radical (unpaired) electrons. The average Bonchev–Trinajstić information content (AvgIpc) is 2.68. The number of hydrogen-bond donors (Lipinski definition) is 2. The van der Waals surface area contributed by atoms with Crippen LogP contribution in [0.4, 0.5) is 5.69 Å². The fourth-order valence-corrected chi connectivity index (χ4v) is 2.88. The highest BCUT2D eigenvalue weighted by Gasteiger charge is 2.24. The lowest BCUT2D eigenvalue weighted by atomic mass is 9.73. The molecule has 0 aliphatic carbocycles. The molecule has 0 saturated carbocycles. The van der Waals surface area contributed by atoms with Crippen molar-refractivity contribution in [3.63, 3.8) is 0 Å². The third-order valence-electron chi connectivity index (χ3n) is 4.09. The zero-order chi connectivity index (χ0) is 17.6. The topological polar surface area (TPSA) is 50.7 Å². The van der Waals surface area contributed by atoms with Gasteiger partial charge >= 0.3 is 7.12 Å². The van der Waals surface area contributed by atoms with Gasteiger partial charge in [0.25, 0.3) is 0 Å². The summed E-state index contributed by atoms with van der Waals surface area (Å²) in [6.45, 7) is 4.55. The molecule has 128 valence electrons. The zero-order valence-corrected chi connectivity index (χ0v) is 14.5. The first kappa shape index (κ1) is 17.3.